The quantitative estimate of drug-likeness (QED) is 0.137. The molecule has 12 heteroatoms. The van der Waals surface area contributed by atoms with Crippen molar-refractivity contribution in [3.63, 3.8) is 0 Å². The van der Waals surface area contributed by atoms with Gasteiger partial charge in [-0.15, -0.1) is 0 Å². The number of carbonyl (C=O) groups is 2. The van der Waals surface area contributed by atoms with E-state index in [9.17, 15) is 9.59 Å². The van der Waals surface area contributed by atoms with Gasteiger partial charge in [0.05, 0.1) is 18.8 Å². The highest BCUT2D eigenvalue weighted by molar-refractivity contribution is 5.96. The summed E-state index contributed by atoms with van der Waals surface area (Å²) in [4.78, 5) is 44.3. The summed E-state index contributed by atoms with van der Waals surface area (Å²) in [5.41, 5.74) is 4.62. The molecule has 0 spiro atoms. The van der Waals surface area contributed by atoms with Crippen molar-refractivity contribution >= 4 is 34.5 Å². The first kappa shape index (κ1) is 39.8. The maximum absolute atomic E-state index is 13.1. The van der Waals surface area contributed by atoms with Gasteiger partial charge in [0.2, 0.25) is 0 Å². The van der Waals surface area contributed by atoms with Crippen molar-refractivity contribution in [2.75, 3.05) is 62.2 Å². The number of piperidine rings is 1. The van der Waals surface area contributed by atoms with Gasteiger partial charge in [0.15, 0.2) is 0 Å². The van der Waals surface area contributed by atoms with Gasteiger partial charge in [0, 0.05) is 74.4 Å². The van der Waals surface area contributed by atoms with Crippen LogP contribution in [0, 0.1) is 5.92 Å². The topological polar surface area (TPSA) is 110 Å². The Kier molecular flexibility index (Phi) is 12.0. The standard InChI is InChI=1S/C47H54N6O6/c1-47(2,3)59-46(55)53-21-12-17-36(29-53)33-57-44-48-41-30-52(42-28-38(27-37-18-10-11-19-39(37)42)56-31-34-13-6-4-7-14-34)22-20-40(41)43(49-44)50-23-25-51(26-24-50)45(54)58-32-35-15-8-5-9-16-35/h4-11,13-16,18-19,27-28,36H,12,17,20-26,29-33H2,1-3H3/t36-/m0/s1. The normalized spacial score (nSPS) is 17.0. The summed E-state index contributed by atoms with van der Waals surface area (Å²) in [6.07, 6.45) is 1.94. The second kappa shape index (κ2) is 17.8. The van der Waals surface area contributed by atoms with Crippen LogP contribution in [0.25, 0.3) is 10.8 Å². The molecular weight excluding hydrogens is 745 g/mol. The molecule has 1 aromatic heterocycles. The molecule has 3 aliphatic rings. The Hall–Kier alpha value is -6.04. The summed E-state index contributed by atoms with van der Waals surface area (Å²) in [5.74, 6) is 1.78. The Bertz CT molecular complexity index is 2220. The van der Waals surface area contributed by atoms with Gasteiger partial charge in [0.1, 0.15) is 30.4 Å². The van der Waals surface area contributed by atoms with Gasteiger partial charge in [-0.05, 0) is 62.6 Å². The number of hydrogen-bond acceptors (Lipinski definition) is 10. The number of anilines is 2. The number of ether oxygens (including phenoxy) is 4. The predicted octanol–water partition coefficient (Wildman–Crippen LogP) is 8.26. The SMILES string of the molecule is CC(C)(C)OC(=O)N1CCC[C@H](COc2nc3c(c(N4CCN(C(=O)OCc5ccccc5)CC4)n2)CCN(c2cc(OCc4ccccc4)cc4ccccc24)C3)C1. The fourth-order valence-electron chi connectivity index (χ4n) is 8.07. The van der Waals surface area contributed by atoms with Crippen LogP contribution in [0.4, 0.5) is 21.1 Å². The van der Waals surface area contributed by atoms with Gasteiger partial charge in [-0.1, -0.05) is 84.9 Å². The van der Waals surface area contributed by atoms with Crippen molar-refractivity contribution in [2.24, 2.45) is 5.92 Å². The lowest BCUT2D eigenvalue weighted by Crippen LogP contribution is -2.49. The molecule has 2 saturated heterocycles. The molecule has 0 aliphatic carbocycles. The minimum absolute atomic E-state index is 0.117. The molecule has 308 valence electrons. The second-order valence-corrected chi connectivity index (χ2v) is 16.6. The van der Waals surface area contributed by atoms with E-state index in [0.717, 1.165) is 76.2 Å². The van der Waals surface area contributed by atoms with Crippen LogP contribution in [0.15, 0.2) is 97.1 Å². The van der Waals surface area contributed by atoms with Crippen LogP contribution in [0.1, 0.15) is 56.0 Å². The molecule has 2 fully saturated rings. The van der Waals surface area contributed by atoms with Crippen LogP contribution in [0.3, 0.4) is 0 Å². The van der Waals surface area contributed by atoms with Crippen LogP contribution in [0.5, 0.6) is 11.8 Å². The zero-order valence-electron chi connectivity index (χ0n) is 34.3. The van der Waals surface area contributed by atoms with E-state index in [1.54, 1.807) is 9.80 Å². The second-order valence-electron chi connectivity index (χ2n) is 16.6. The maximum atomic E-state index is 13.1. The number of likely N-dealkylation sites (tertiary alicyclic amines) is 1. The molecule has 1 atom stereocenters. The van der Waals surface area contributed by atoms with E-state index in [0.29, 0.717) is 65.0 Å². The zero-order valence-corrected chi connectivity index (χ0v) is 34.3. The van der Waals surface area contributed by atoms with Crippen LogP contribution >= 0.6 is 0 Å². The Morgan fingerprint density at radius 2 is 1.44 bits per heavy atom. The number of aromatic nitrogens is 2. The number of hydrogen-bond donors (Lipinski definition) is 0. The Labute approximate surface area is 346 Å². The van der Waals surface area contributed by atoms with Gasteiger partial charge in [-0.2, -0.15) is 9.97 Å². The van der Waals surface area contributed by atoms with Gasteiger partial charge in [0.25, 0.3) is 0 Å². The fourth-order valence-corrected chi connectivity index (χ4v) is 8.07. The third-order valence-electron chi connectivity index (χ3n) is 11.1. The molecule has 5 aromatic rings. The first-order valence-electron chi connectivity index (χ1n) is 20.8. The summed E-state index contributed by atoms with van der Waals surface area (Å²) < 4.78 is 24.2. The molecule has 12 nitrogen and oxygen atoms in total. The summed E-state index contributed by atoms with van der Waals surface area (Å²) in [5, 5.41) is 2.26. The third-order valence-corrected chi connectivity index (χ3v) is 11.1. The molecule has 0 unspecified atom stereocenters. The fraction of sp³-hybridized carbons (Fsp3) is 0.404. The van der Waals surface area contributed by atoms with Crippen LogP contribution in [-0.2, 0) is 35.7 Å². The maximum Gasteiger partial charge on any atom is 0.410 e. The minimum Gasteiger partial charge on any atom is -0.489 e. The van der Waals surface area contributed by atoms with E-state index < -0.39 is 5.60 Å². The van der Waals surface area contributed by atoms with E-state index in [1.807, 2.05) is 69.3 Å². The molecule has 8 rings (SSSR count). The molecule has 0 radical (unpaired) electrons. The lowest BCUT2D eigenvalue weighted by molar-refractivity contribution is 0.0137. The summed E-state index contributed by atoms with van der Waals surface area (Å²) in [6, 6.07) is 32.9. The van der Waals surface area contributed by atoms with E-state index in [4.69, 9.17) is 28.9 Å². The number of fused-ring (bicyclic) bond motifs is 2. The van der Waals surface area contributed by atoms with E-state index in [-0.39, 0.29) is 24.7 Å². The number of nitrogens with zero attached hydrogens (tertiary/aromatic N) is 6. The Balaban J connectivity index is 1.02. The molecule has 4 aromatic carbocycles. The third kappa shape index (κ3) is 9.99. The molecule has 0 bridgehead atoms. The first-order valence-corrected chi connectivity index (χ1v) is 20.8. The smallest absolute Gasteiger partial charge is 0.410 e. The van der Waals surface area contributed by atoms with Gasteiger partial charge >= 0.3 is 18.2 Å². The number of rotatable bonds is 10. The lowest BCUT2D eigenvalue weighted by atomic mass is 9.99. The monoisotopic (exact) mass is 798 g/mol. The highest BCUT2D eigenvalue weighted by Gasteiger charge is 2.32. The van der Waals surface area contributed by atoms with Crippen molar-refractivity contribution in [3.8, 4) is 11.8 Å². The highest BCUT2D eigenvalue weighted by Crippen LogP contribution is 2.37. The van der Waals surface area contributed by atoms with Crippen molar-refractivity contribution in [3.05, 3.63) is 119 Å². The van der Waals surface area contributed by atoms with Crippen LogP contribution in [-0.4, -0.2) is 90.0 Å². The largest absolute Gasteiger partial charge is 0.489 e. The average molecular weight is 799 g/mol. The van der Waals surface area contributed by atoms with Crippen LogP contribution < -0.4 is 19.3 Å². The average Bonchev–Trinajstić information content (AvgIpc) is 3.26. The minimum atomic E-state index is -0.557. The number of amides is 2. The molecule has 3 aliphatic heterocycles. The van der Waals surface area contributed by atoms with E-state index in [1.165, 1.54) is 0 Å². The molecular formula is C47H54N6O6. The first-order chi connectivity index (χ1) is 28.6. The van der Waals surface area contributed by atoms with Gasteiger partial charge in [-0.3, -0.25) is 0 Å². The number of carbonyl (C=O) groups excluding carboxylic acids is 2. The lowest BCUT2D eigenvalue weighted by Gasteiger charge is -2.38. The molecule has 4 heterocycles. The van der Waals surface area contributed by atoms with Crippen LogP contribution in [0.2, 0.25) is 0 Å². The summed E-state index contributed by atoms with van der Waals surface area (Å²) in [6.45, 7) is 11.5. The summed E-state index contributed by atoms with van der Waals surface area (Å²) >= 11 is 0. The highest BCUT2D eigenvalue weighted by atomic mass is 16.6. The van der Waals surface area contributed by atoms with E-state index in [2.05, 4.69) is 58.3 Å². The van der Waals surface area contributed by atoms with Crippen molar-refractivity contribution in [1.29, 1.82) is 0 Å². The van der Waals surface area contributed by atoms with E-state index >= 15 is 0 Å². The van der Waals surface area contributed by atoms with Crippen molar-refractivity contribution < 1.29 is 28.5 Å². The molecule has 59 heavy (non-hydrogen) atoms. The van der Waals surface area contributed by atoms with Gasteiger partial charge < -0.3 is 38.5 Å². The molecule has 2 amide bonds. The molecule has 0 N–H and O–H groups in total. The predicted molar refractivity (Wildman–Crippen MR) is 228 cm³/mol. The Morgan fingerprint density at radius 1 is 0.729 bits per heavy atom. The number of benzene rings is 4. The summed E-state index contributed by atoms with van der Waals surface area (Å²) in [7, 11) is 0. The Morgan fingerprint density at radius 3 is 2.19 bits per heavy atom. The van der Waals surface area contributed by atoms with Crippen molar-refractivity contribution in [1.82, 2.24) is 19.8 Å². The number of piperazine rings is 1. The van der Waals surface area contributed by atoms with Crippen molar-refractivity contribution in [2.45, 2.75) is 65.4 Å². The van der Waals surface area contributed by atoms with Gasteiger partial charge in [-0.25, -0.2) is 9.59 Å². The molecule has 0 saturated carbocycles. The zero-order chi connectivity index (χ0) is 40.8.